The average Bonchev–Trinajstić information content (AvgIpc) is 2.53. The largest absolute Gasteiger partial charge is 0.481 e. The molecule has 0 aromatic carbocycles. The third kappa shape index (κ3) is 2.07. The summed E-state index contributed by atoms with van der Waals surface area (Å²) in [6.45, 7) is 5.40. The second-order valence-corrected chi connectivity index (χ2v) is 4.75. The van der Waals surface area contributed by atoms with Gasteiger partial charge >= 0.3 is 5.97 Å². The van der Waals surface area contributed by atoms with E-state index in [1.165, 1.54) is 0 Å². The number of piperidine rings is 1. The molecule has 2 rings (SSSR count). The van der Waals surface area contributed by atoms with E-state index < -0.39 is 5.97 Å². The van der Waals surface area contributed by atoms with Crippen LogP contribution in [0.25, 0.3) is 0 Å². The molecule has 0 aliphatic carbocycles. The zero-order chi connectivity index (χ0) is 12.6. The van der Waals surface area contributed by atoms with Crippen molar-refractivity contribution in [2.45, 2.75) is 26.2 Å². The molecule has 0 bridgehead atoms. The highest BCUT2D eigenvalue weighted by Crippen LogP contribution is 2.34. The third-order valence-corrected chi connectivity index (χ3v) is 3.74. The zero-order valence-electron chi connectivity index (χ0n) is 10.5. The lowest BCUT2D eigenvalue weighted by Crippen LogP contribution is -2.40. The SMILES string of the molecule is Cc1nn(C)c(C)c1C1CCNCC1C(=O)O. The predicted octanol–water partition coefficient (Wildman–Crippen LogP) is 0.815. The van der Waals surface area contributed by atoms with E-state index in [2.05, 4.69) is 10.4 Å². The lowest BCUT2D eigenvalue weighted by atomic mass is 9.80. The maximum atomic E-state index is 11.3. The molecule has 2 heterocycles. The molecule has 1 aromatic heterocycles. The van der Waals surface area contributed by atoms with Gasteiger partial charge in [0.1, 0.15) is 0 Å². The molecule has 0 saturated carbocycles. The van der Waals surface area contributed by atoms with E-state index >= 15 is 0 Å². The molecule has 17 heavy (non-hydrogen) atoms. The molecule has 0 amide bonds. The first-order chi connectivity index (χ1) is 8.02. The monoisotopic (exact) mass is 237 g/mol. The van der Waals surface area contributed by atoms with Crippen LogP contribution in [-0.2, 0) is 11.8 Å². The van der Waals surface area contributed by atoms with E-state index in [-0.39, 0.29) is 11.8 Å². The molecule has 2 N–H and O–H groups in total. The van der Waals surface area contributed by atoms with Gasteiger partial charge in [-0.1, -0.05) is 0 Å². The Balaban J connectivity index is 2.39. The highest BCUT2D eigenvalue weighted by atomic mass is 16.4. The van der Waals surface area contributed by atoms with E-state index in [1.807, 2.05) is 25.6 Å². The maximum absolute atomic E-state index is 11.3. The van der Waals surface area contributed by atoms with Gasteiger partial charge in [-0.15, -0.1) is 0 Å². The smallest absolute Gasteiger partial charge is 0.308 e. The van der Waals surface area contributed by atoms with Crippen LogP contribution in [0.5, 0.6) is 0 Å². The lowest BCUT2D eigenvalue weighted by Gasteiger charge is -2.29. The molecule has 94 valence electrons. The van der Waals surface area contributed by atoms with Crippen LogP contribution in [0, 0.1) is 19.8 Å². The van der Waals surface area contributed by atoms with Gasteiger partial charge in [-0.2, -0.15) is 5.10 Å². The van der Waals surface area contributed by atoms with Crippen LogP contribution >= 0.6 is 0 Å². The standard InChI is InChI=1S/C12H19N3O2/c1-7-11(8(2)15(3)14-7)9-4-5-13-6-10(9)12(16)17/h9-10,13H,4-6H2,1-3H3,(H,16,17). The zero-order valence-corrected chi connectivity index (χ0v) is 10.5. The normalized spacial score (nSPS) is 24.9. The number of carboxylic acids is 1. The Morgan fingerprint density at radius 1 is 1.53 bits per heavy atom. The lowest BCUT2D eigenvalue weighted by molar-refractivity contribution is -0.142. The van der Waals surface area contributed by atoms with Crippen molar-refractivity contribution in [2.24, 2.45) is 13.0 Å². The number of hydrogen-bond donors (Lipinski definition) is 2. The van der Waals surface area contributed by atoms with Crippen molar-refractivity contribution in [1.82, 2.24) is 15.1 Å². The van der Waals surface area contributed by atoms with Crippen LogP contribution in [0.2, 0.25) is 0 Å². The molecule has 2 unspecified atom stereocenters. The molecule has 0 radical (unpaired) electrons. The first-order valence-corrected chi connectivity index (χ1v) is 5.96. The minimum absolute atomic E-state index is 0.0856. The van der Waals surface area contributed by atoms with Gasteiger partial charge in [0.05, 0.1) is 11.6 Å². The molecule has 5 heteroatoms. The van der Waals surface area contributed by atoms with E-state index in [0.717, 1.165) is 29.9 Å². The summed E-state index contributed by atoms with van der Waals surface area (Å²) in [7, 11) is 1.91. The topological polar surface area (TPSA) is 67.2 Å². The van der Waals surface area contributed by atoms with Gasteiger partial charge in [-0.05, 0) is 32.4 Å². The Hall–Kier alpha value is -1.36. The first-order valence-electron chi connectivity index (χ1n) is 5.96. The fourth-order valence-electron chi connectivity index (χ4n) is 2.79. The van der Waals surface area contributed by atoms with Gasteiger partial charge in [0.2, 0.25) is 0 Å². The predicted molar refractivity (Wildman–Crippen MR) is 64.0 cm³/mol. The summed E-state index contributed by atoms with van der Waals surface area (Å²) in [4.78, 5) is 11.3. The fourth-order valence-corrected chi connectivity index (χ4v) is 2.79. The summed E-state index contributed by atoms with van der Waals surface area (Å²) < 4.78 is 1.84. The Bertz CT molecular complexity index is 439. The number of rotatable bonds is 2. The van der Waals surface area contributed by atoms with E-state index in [1.54, 1.807) is 0 Å². The van der Waals surface area contributed by atoms with E-state index in [9.17, 15) is 9.90 Å². The van der Waals surface area contributed by atoms with Crippen LogP contribution in [0.1, 0.15) is 29.3 Å². The second-order valence-electron chi connectivity index (χ2n) is 4.75. The van der Waals surface area contributed by atoms with Gasteiger partial charge in [-0.25, -0.2) is 0 Å². The maximum Gasteiger partial charge on any atom is 0.308 e. The summed E-state index contributed by atoms with van der Waals surface area (Å²) in [5, 5.41) is 16.8. The molecule has 2 atom stereocenters. The number of carbonyl (C=O) groups is 1. The number of nitrogens with one attached hydrogen (secondary N) is 1. The van der Waals surface area contributed by atoms with Crippen molar-refractivity contribution in [3.8, 4) is 0 Å². The summed E-state index contributed by atoms with van der Waals surface area (Å²) in [6.07, 6.45) is 0.865. The van der Waals surface area contributed by atoms with Crippen molar-refractivity contribution in [3.05, 3.63) is 17.0 Å². The number of aryl methyl sites for hydroxylation is 2. The van der Waals surface area contributed by atoms with Crippen LogP contribution in [0.3, 0.4) is 0 Å². The quantitative estimate of drug-likeness (QED) is 0.799. The van der Waals surface area contributed by atoms with Crippen LogP contribution in [0.15, 0.2) is 0 Å². The molecule has 1 aromatic rings. The van der Waals surface area contributed by atoms with Crippen LogP contribution in [0.4, 0.5) is 0 Å². The van der Waals surface area contributed by atoms with E-state index in [0.29, 0.717) is 6.54 Å². The second kappa shape index (κ2) is 4.49. The molecular formula is C12H19N3O2. The van der Waals surface area contributed by atoms with Gasteiger partial charge in [0, 0.05) is 25.2 Å². The fraction of sp³-hybridized carbons (Fsp3) is 0.667. The van der Waals surface area contributed by atoms with Gasteiger partial charge in [0.15, 0.2) is 0 Å². The van der Waals surface area contributed by atoms with Crippen LogP contribution < -0.4 is 5.32 Å². The molecule has 0 spiro atoms. The molecule has 1 aliphatic heterocycles. The molecule has 1 saturated heterocycles. The Morgan fingerprint density at radius 3 is 2.76 bits per heavy atom. The van der Waals surface area contributed by atoms with Crippen molar-refractivity contribution in [2.75, 3.05) is 13.1 Å². The number of aromatic nitrogens is 2. The first kappa shape index (κ1) is 12.1. The summed E-state index contributed by atoms with van der Waals surface area (Å²) in [5.74, 6) is -0.974. The molecule has 5 nitrogen and oxygen atoms in total. The third-order valence-electron chi connectivity index (χ3n) is 3.74. The minimum atomic E-state index is -0.718. The Kier molecular flexibility index (Phi) is 3.19. The summed E-state index contributed by atoms with van der Waals surface area (Å²) in [6, 6.07) is 0. The highest BCUT2D eigenvalue weighted by Gasteiger charge is 2.34. The Morgan fingerprint density at radius 2 is 2.24 bits per heavy atom. The van der Waals surface area contributed by atoms with E-state index in [4.69, 9.17) is 0 Å². The van der Waals surface area contributed by atoms with Gasteiger partial charge in [0.25, 0.3) is 0 Å². The average molecular weight is 237 g/mol. The number of carboxylic acid groups (broad SMARTS) is 1. The number of aliphatic carboxylic acids is 1. The molecular weight excluding hydrogens is 218 g/mol. The molecule has 1 aliphatic rings. The summed E-state index contributed by atoms with van der Waals surface area (Å²) >= 11 is 0. The van der Waals surface area contributed by atoms with Gasteiger partial charge in [-0.3, -0.25) is 9.48 Å². The minimum Gasteiger partial charge on any atom is -0.481 e. The van der Waals surface area contributed by atoms with Gasteiger partial charge < -0.3 is 10.4 Å². The molecule has 1 fully saturated rings. The van der Waals surface area contributed by atoms with Crippen molar-refractivity contribution >= 4 is 5.97 Å². The van der Waals surface area contributed by atoms with Crippen LogP contribution in [-0.4, -0.2) is 33.9 Å². The van der Waals surface area contributed by atoms with Crippen molar-refractivity contribution in [1.29, 1.82) is 0 Å². The Labute approximate surface area is 101 Å². The summed E-state index contributed by atoms with van der Waals surface area (Å²) in [5.41, 5.74) is 3.17. The highest BCUT2D eigenvalue weighted by molar-refractivity contribution is 5.72. The van der Waals surface area contributed by atoms with Crippen molar-refractivity contribution < 1.29 is 9.90 Å². The number of hydrogen-bond acceptors (Lipinski definition) is 3. The van der Waals surface area contributed by atoms with Crippen molar-refractivity contribution in [3.63, 3.8) is 0 Å². The number of nitrogens with zero attached hydrogens (tertiary/aromatic N) is 2.